The minimum Gasteiger partial charge on any atom is -0.497 e. The Morgan fingerprint density at radius 2 is 1.91 bits per heavy atom. The van der Waals surface area contributed by atoms with Crippen molar-refractivity contribution in [1.82, 2.24) is 9.88 Å². The highest BCUT2D eigenvalue weighted by Crippen LogP contribution is 2.58. The summed E-state index contributed by atoms with van der Waals surface area (Å²) in [5.41, 5.74) is 5.62. The van der Waals surface area contributed by atoms with Gasteiger partial charge in [-0.15, -0.1) is 0 Å². The van der Waals surface area contributed by atoms with Gasteiger partial charge in [-0.3, -0.25) is 9.88 Å². The van der Waals surface area contributed by atoms with Gasteiger partial charge < -0.3 is 29.4 Å². The van der Waals surface area contributed by atoms with Gasteiger partial charge in [0.25, 0.3) is 0 Å². The highest BCUT2D eigenvalue weighted by molar-refractivity contribution is 6.30. The van der Waals surface area contributed by atoms with Crippen molar-refractivity contribution in [3.05, 3.63) is 106 Å². The SMILES string of the molecule is COc1cccc(CN(C)C[C@H]2COc3cc4c(cc3O2)C2(CCC(Nc3cccc(Cl)c3)(C(=O)O)CC2)[C@@H](C[C@@H](C)COc2ccnc3c2[C@H](C)CCC3)C4)c1. The largest absolute Gasteiger partial charge is 0.497 e. The van der Waals surface area contributed by atoms with Crippen molar-refractivity contribution in [2.45, 2.75) is 101 Å². The number of pyridine rings is 1. The number of nitrogens with zero attached hydrogens (tertiary/aromatic N) is 2. The molecule has 2 N–H and O–H groups in total. The monoisotopic (exact) mass is 793 g/mol. The zero-order chi connectivity index (χ0) is 39.7. The summed E-state index contributed by atoms with van der Waals surface area (Å²) in [6.45, 7) is 7.14. The average molecular weight is 794 g/mol. The van der Waals surface area contributed by atoms with Crippen LogP contribution in [-0.4, -0.2) is 66.5 Å². The van der Waals surface area contributed by atoms with Crippen LogP contribution in [0.4, 0.5) is 5.69 Å². The number of carbonyl (C=O) groups is 1. The molecule has 10 heteroatoms. The lowest BCUT2D eigenvalue weighted by Crippen LogP contribution is -2.53. The molecule has 4 atom stereocenters. The molecule has 9 nitrogen and oxygen atoms in total. The topological polar surface area (TPSA) is 102 Å². The molecule has 1 fully saturated rings. The fourth-order valence-electron chi connectivity index (χ4n) is 10.3. The van der Waals surface area contributed by atoms with E-state index in [1.54, 1.807) is 19.2 Å². The molecule has 3 aliphatic carbocycles. The quantitative estimate of drug-likeness (QED) is 0.137. The molecule has 1 aliphatic heterocycles. The third-order valence-corrected chi connectivity index (χ3v) is 13.4. The third-order valence-electron chi connectivity index (χ3n) is 13.2. The van der Waals surface area contributed by atoms with Crippen molar-refractivity contribution >= 4 is 23.3 Å². The number of halogens is 1. The van der Waals surface area contributed by atoms with E-state index in [-0.39, 0.29) is 17.4 Å². The van der Waals surface area contributed by atoms with Crippen LogP contribution in [0.1, 0.15) is 92.7 Å². The van der Waals surface area contributed by atoms with E-state index in [9.17, 15) is 9.90 Å². The van der Waals surface area contributed by atoms with Gasteiger partial charge in [-0.1, -0.05) is 43.6 Å². The van der Waals surface area contributed by atoms with Crippen LogP contribution in [0.25, 0.3) is 0 Å². The molecule has 1 spiro atoms. The summed E-state index contributed by atoms with van der Waals surface area (Å²) >= 11 is 6.33. The third kappa shape index (κ3) is 8.15. The lowest BCUT2D eigenvalue weighted by atomic mass is 9.59. The Morgan fingerprint density at radius 1 is 1.09 bits per heavy atom. The van der Waals surface area contributed by atoms with E-state index in [1.165, 1.54) is 34.4 Å². The molecular weight excluding hydrogens is 738 g/mol. The van der Waals surface area contributed by atoms with E-state index in [0.29, 0.717) is 49.5 Å². The van der Waals surface area contributed by atoms with Crippen LogP contribution in [0.3, 0.4) is 0 Å². The predicted molar refractivity (Wildman–Crippen MR) is 223 cm³/mol. The molecule has 8 rings (SSSR count). The summed E-state index contributed by atoms with van der Waals surface area (Å²) in [6.07, 6.45) is 9.42. The molecule has 4 aliphatic rings. The van der Waals surface area contributed by atoms with E-state index < -0.39 is 11.5 Å². The minimum atomic E-state index is -1.10. The second-order valence-corrected chi connectivity index (χ2v) is 17.7. The molecule has 0 saturated heterocycles. The number of rotatable bonds is 13. The van der Waals surface area contributed by atoms with Gasteiger partial charge in [-0.25, -0.2) is 4.79 Å². The molecule has 57 heavy (non-hydrogen) atoms. The van der Waals surface area contributed by atoms with Crippen molar-refractivity contribution in [1.29, 1.82) is 0 Å². The maximum absolute atomic E-state index is 13.1. The maximum atomic E-state index is 13.1. The first kappa shape index (κ1) is 39.4. The summed E-state index contributed by atoms with van der Waals surface area (Å²) < 4.78 is 25.2. The second-order valence-electron chi connectivity index (χ2n) is 17.2. The Balaban J connectivity index is 1.03. The number of anilines is 1. The number of nitrogens with one attached hydrogen (secondary N) is 1. The van der Waals surface area contributed by atoms with Crippen LogP contribution >= 0.6 is 11.6 Å². The number of hydrogen-bond donors (Lipinski definition) is 2. The van der Waals surface area contributed by atoms with Gasteiger partial charge in [0.05, 0.1) is 13.7 Å². The van der Waals surface area contributed by atoms with Gasteiger partial charge >= 0.3 is 5.97 Å². The number of benzene rings is 3. The smallest absolute Gasteiger partial charge is 0.329 e. The van der Waals surface area contributed by atoms with E-state index in [0.717, 1.165) is 73.8 Å². The van der Waals surface area contributed by atoms with Gasteiger partial charge in [0, 0.05) is 41.3 Å². The summed E-state index contributed by atoms with van der Waals surface area (Å²) in [7, 11) is 3.79. The molecule has 0 amide bonds. The normalized spacial score (nSPS) is 25.4. The fraction of sp³-hybridized carbons (Fsp3) is 0.489. The molecule has 0 radical (unpaired) electrons. The first-order valence-corrected chi connectivity index (χ1v) is 21.1. The van der Waals surface area contributed by atoms with E-state index in [4.69, 9.17) is 30.5 Å². The van der Waals surface area contributed by atoms with Crippen molar-refractivity contribution in [2.24, 2.45) is 11.8 Å². The number of carboxylic acids is 1. The predicted octanol–water partition coefficient (Wildman–Crippen LogP) is 9.48. The number of carboxylic acid groups (broad SMARTS) is 1. The number of hydrogen-bond acceptors (Lipinski definition) is 8. The molecular formula is C47H56ClN3O6. The van der Waals surface area contributed by atoms with Gasteiger partial charge in [0.15, 0.2) is 11.5 Å². The number of likely N-dealkylation sites (N-methyl/N-ethyl adjacent to an activating group) is 1. The minimum absolute atomic E-state index is 0.133. The van der Waals surface area contributed by atoms with Crippen molar-refractivity contribution < 1.29 is 28.8 Å². The van der Waals surface area contributed by atoms with Crippen LogP contribution in [0, 0.1) is 11.8 Å². The highest BCUT2D eigenvalue weighted by atomic mass is 35.5. The lowest BCUT2D eigenvalue weighted by Gasteiger charge is -2.47. The van der Waals surface area contributed by atoms with Gasteiger partial charge in [-0.05, 0) is 153 Å². The Hall–Kier alpha value is -4.47. The zero-order valence-electron chi connectivity index (χ0n) is 33.7. The Morgan fingerprint density at radius 3 is 2.70 bits per heavy atom. The summed E-state index contributed by atoms with van der Waals surface area (Å²) in [6, 6.07) is 22.0. The number of methoxy groups -OCH3 is 1. The van der Waals surface area contributed by atoms with Gasteiger partial charge in [0.2, 0.25) is 0 Å². The van der Waals surface area contributed by atoms with Crippen LogP contribution in [0.5, 0.6) is 23.0 Å². The van der Waals surface area contributed by atoms with Crippen LogP contribution in [0.2, 0.25) is 5.02 Å². The number of fused-ring (bicyclic) bond motifs is 4. The summed E-state index contributed by atoms with van der Waals surface area (Å²) in [5.74, 6) is 3.61. The van der Waals surface area contributed by atoms with Crippen molar-refractivity contribution in [3.8, 4) is 23.0 Å². The molecule has 1 saturated carbocycles. The Bertz CT molecular complexity index is 2080. The zero-order valence-corrected chi connectivity index (χ0v) is 34.4. The van der Waals surface area contributed by atoms with Crippen molar-refractivity contribution in [3.63, 3.8) is 0 Å². The van der Waals surface area contributed by atoms with E-state index >= 15 is 0 Å². The van der Waals surface area contributed by atoms with E-state index in [2.05, 4.69) is 60.4 Å². The fourth-order valence-corrected chi connectivity index (χ4v) is 10.5. The average Bonchev–Trinajstić information content (AvgIpc) is 3.47. The van der Waals surface area contributed by atoms with Crippen LogP contribution in [0.15, 0.2) is 72.9 Å². The maximum Gasteiger partial charge on any atom is 0.329 e. The molecule has 0 unspecified atom stereocenters. The van der Waals surface area contributed by atoms with Gasteiger partial charge in [-0.2, -0.15) is 0 Å². The molecule has 4 aromatic rings. The molecule has 1 aromatic heterocycles. The number of aromatic nitrogens is 1. The Kier molecular flexibility index (Phi) is 11.3. The highest BCUT2D eigenvalue weighted by Gasteiger charge is 2.54. The Labute approximate surface area is 342 Å². The van der Waals surface area contributed by atoms with Crippen LogP contribution < -0.4 is 24.3 Å². The molecule has 2 heterocycles. The van der Waals surface area contributed by atoms with Gasteiger partial charge in [0.1, 0.15) is 29.7 Å². The van der Waals surface area contributed by atoms with Crippen molar-refractivity contribution in [2.75, 3.05) is 39.2 Å². The number of ether oxygens (including phenoxy) is 4. The number of aliphatic carboxylic acids is 1. The summed E-state index contributed by atoms with van der Waals surface area (Å²) in [4.78, 5) is 20.1. The number of aryl methyl sites for hydroxylation is 1. The first-order valence-electron chi connectivity index (χ1n) is 20.7. The molecule has 302 valence electrons. The standard InChI is InChI=1S/C47H56ClN3O6/c1-30(28-55-41-14-19-49-40-13-5-8-31(2)44(40)41)20-34-22-33-23-42-43(57-38(29-56-42)27-51(3)26-32-9-6-12-37(21-32)54-4)25-39(33)46(34)15-17-47(18-16-46,45(52)53)50-36-11-7-10-35(48)24-36/h6-7,9-12,14,19,21,23-25,30-31,34,38,50H,5,8,13,15-18,20,22,26-29H2,1-4H3,(H,52,53)/t30-,31-,34+,38+,46?,47?/m1/s1. The molecule has 0 bridgehead atoms. The second kappa shape index (κ2) is 16.4. The first-order chi connectivity index (χ1) is 27.5. The lowest BCUT2D eigenvalue weighted by molar-refractivity contribution is -0.144. The molecule has 3 aromatic carbocycles. The summed E-state index contributed by atoms with van der Waals surface area (Å²) in [5, 5.41) is 14.7. The van der Waals surface area contributed by atoms with Crippen LogP contribution in [-0.2, 0) is 29.6 Å². The van der Waals surface area contributed by atoms with E-state index in [1.807, 2.05) is 36.5 Å².